The number of ether oxygens (including phenoxy) is 1. The van der Waals surface area contributed by atoms with Crippen molar-refractivity contribution in [2.45, 2.75) is 43.7 Å². The molecule has 1 saturated carbocycles. The number of amides is 2. The molecule has 3 fully saturated rings. The molecule has 0 unspecified atom stereocenters. The lowest BCUT2D eigenvalue weighted by molar-refractivity contribution is -0.144. The second-order valence-corrected chi connectivity index (χ2v) is 9.11. The number of nitrogens with zero attached hydrogens (tertiary/aromatic N) is 5. The zero-order valence-electron chi connectivity index (χ0n) is 17.4. The minimum Gasteiger partial charge on any atom is -0.360 e. The van der Waals surface area contributed by atoms with Gasteiger partial charge in [0.1, 0.15) is 11.4 Å². The zero-order chi connectivity index (χ0) is 21.2. The van der Waals surface area contributed by atoms with Crippen molar-refractivity contribution >= 4 is 11.8 Å². The Labute approximate surface area is 180 Å². The van der Waals surface area contributed by atoms with Gasteiger partial charge in [0, 0.05) is 44.4 Å². The first-order chi connectivity index (χ1) is 15.1. The molecule has 160 valence electrons. The van der Waals surface area contributed by atoms with E-state index in [4.69, 9.17) is 4.74 Å². The van der Waals surface area contributed by atoms with Crippen LogP contribution in [0.15, 0.2) is 49.1 Å². The number of carbonyl (C=O) groups excluding carboxylic acids is 2. The predicted molar refractivity (Wildman–Crippen MR) is 110 cm³/mol. The molecular weight excluding hydrogens is 394 g/mol. The van der Waals surface area contributed by atoms with Gasteiger partial charge in [-0.25, -0.2) is 4.98 Å². The Morgan fingerprint density at radius 3 is 2.94 bits per heavy atom. The maximum atomic E-state index is 13.8. The van der Waals surface area contributed by atoms with Gasteiger partial charge in [0.25, 0.3) is 0 Å². The van der Waals surface area contributed by atoms with E-state index in [1.165, 1.54) is 0 Å². The molecule has 2 amide bonds. The molecule has 1 spiro atoms. The third-order valence-corrected chi connectivity index (χ3v) is 7.06. The first-order valence-corrected chi connectivity index (χ1v) is 10.9. The van der Waals surface area contributed by atoms with Gasteiger partial charge in [0.15, 0.2) is 0 Å². The van der Waals surface area contributed by atoms with E-state index in [1.54, 1.807) is 18.6 Å². The first-order valence-electron chi connectivity index (χ1n) is 10.9. The number of hydrogen-bond acceptors (Lipinski definition) is 5. The van der Waals surface area contributed by atoms with Crippen molar-refractivity contribution < 1.29 is 14.3 Å². The summed E-state index contributed by atoms with van der Waals surface area (Å²) in [4.78, 5) is 39.6. The molecule has 2 saturated heterocycles. The summed E-state index contributed by atoms with van der Waals surface area (Å²) in [6.45, 7) is 1.42. The molecule has 1 aliphatic carbocycles. The average molecular weight is 419 g/mol. The number of pyridine rings is 1. The van der Waals surface area contributed by atoms with E-state index < -0.39 is 17.4 Å². The van der Waals surface area contributed by atoms with Crippen molar-refractivity contribution in [1.82, 2.24) is 24.3 Å². The number of aryl methyl sites for hydroxylation is 1. The van der Waals surface area contributed by atoms with E-state index in [-0.39, 0.29) is 24.0 Å². The van der Waals surface area contributed by atoms with Crippen molar-refractivity contribution in [3.63, 3.8) is 0 Å². The maximum Gasteiger partial charge on any atom is 0.230 e. The summed E-state index contributed by atoms with van der Waals surface area (Å²) in [6, 6.07) is 4.06. The zero-order valence-corrected chi connectivity index (χ0v) is 17.4. The molecule has 8 heteroatoms. The highest BCUT2D eigenvalue weighted by atomic mass is 16.5. The molecule has 8 nitrogen and oxygen atoms in total. The molecule has 0 radical (unpaired) electrons. The van der Waals surface area contributed by atoms with Gasteiger partial charge in [-0.15, -0.1) is 0 Å². The van der Waals surface area contributed by atoms with Crippen LogP contribution in [0.25, 0.3) is 0 Å². The SMILES string of the molecule is Cn1ccnc1CN(C(=O)[C@@H]1[C@@H]2C=C[C@@]3(CN(Cc4cccnc4)C(=O)[C@@H]13)O2)C1CC1. The highest BCUT2D eigenvalue weighted by Gasteiger charge is 2.67. The largest absolute Gasteiger partial charge is 0.360 e. The number of rotatable bonds is 6. The molecular formula is C23H25N5O3. The summed E-state index contributed by atoms with van der Waals surface area (Å²) in [6.07, 6.45) is 12.8. The molecule has 0 aromatic carbocycles. The summed E-state index contributed by atoms with van der Waals surface area (Å²) in [5.41, 5.74) is 0.283. The smallest absolute Gasteiger partial charge is 0.230 e. The van der Waals surface area contributed by atoms with Crippen LogP contribution in [0.3, 0.4) is 0 Å². The van der Waals surface area contributed by atoms with Crippen molar-refractivity contribution in [1.29, 1.82) is 0 Å². The van der Waals surface area contributed by atoms with Crippen molar-refractivity contribution in [2.24, 2.45) is 18.9 Å². The van der Waals surface area contributed by atoms with Gasteiger partial charge in [-0.05, 0) is 24.5 Å². The fourth-order valence-electron chi connectivity index (χ4n) is 5.37. The van der Waals surface area contributed by atoms with Gasteiger partial charge in [-0.1, -0.05) is 18.2 Å². The number of fused-ring (bicyclic) bond motifs is 1. The second kappa shape index (κ2) is 6.75. The van der Waals surface area contributed by atoms with E-state index in [9.17, 15) is 9.59 Å². The lowest BCUT2D eigenvalue weighted by atomic mass is 9.76. The maximum absolute atomic E-state index is 13.8. The molecule has 6 rings (SSSR count). The van der Waals surface area contributed by atoms with Gasteiger partial charge >= 0.3 is 0 Å². The van der Waals surface area contributed by atoms with E-state index >= 15 is 0 Å². The molecule has 4 atom stereocenters. The van der Waals surface area contributed by atoms with Crippen molar-refractivity contribution in [3.05, 3.63) is 60.5 Å². The van der Waals surface area contributed by atoms with Crippen LogP contribution in [-0.4, -0.2) is 60.4 Å². The third-order valence-electron chi connectivity index (χ3n) is 7.06. The second-order valence-electron chi connectivity index (χ2n) is 9.11. The first kappa shape index (κ1) is 18.7. The molecule has 2 aromatic heterocycles. The highest BCUT2D eigenvalue weighted by molar-refractivity contribution is 5.93. The van der Waals surface area contributed by atoms with Crippen LogP contribution in [0.5, 0.6) is 0 Å². The quantitative estimate of drug-likeness (QED) is 0.659. The molecule has 31 heavy (non-hydrogen) atoms. The number of carbonyl (C=O) groups is 2. The molecule has 2 aromatic rings. The standard InChI is InChI=1S/C23H25N5O3/c1-26-10-9-25-18(26)13-28(16-4-5-16)21(29)19-17-6-7-23(31-17)14-27(22(30)20(19)23)12-15-3-2-8-24-11-15/h2-3,6-11,16-17,19-20H,4-5,12-14H2,1H3/t17-,19+,20+,23-/m0/s1. The van der Waals surface area contributed by atoms with Crippen LogP contribution in [0.4, 0.5) is 0 Å². The number of aromatic nitrogens is 3. The van der Waals surface area contributed by atoms with Gasteiger partial charge in [0.05, 0.1) is 31.0 Å². The van der Waals surface area contributed by atoms with E-state index in [0.717, 1.165) is 24.2 Å². The highest BCUT2D eigenvalue weighted by Crippen LogP contribution is 2.53. The monoisotopic (exact) mass is 419 g/mol. The summed E-state index contributed by atoms with van der Waals surface area (Å²) in [7, 11) is 1.94. The van der Waals surface area contributed by atoms with Gasteiger partial charge in [-0.2, -0.15) is 0 Å². The van der Waals surface area contributed by atoms with Crippen LogP contribution in [0.1, 0.15) is 24.2 Å². The van der Waals surface area contributed by atoms with E-state index in [2.05, 4.69) is 9.97 Å². The van der Waals surface area contributed by atoms with E-state index in [0.29, 0.717) is 19.6 Å². The minimum absolute atomic E-state index is 0.00166. The predicted octanol–water partition coefficient (Wildman–Crippen LogP) is 1.29. The van der Waals surface area contributed by atoms with Crippen LogP contribution in [0.2, 0.25) is 0 Å². The Bertz CT molecular complexity index is 1060. The van der Waals surface area contributed by atoms with E-state index in [1.807, 2.05) is 51.9 Å². The summed E-state index contributed by atoms with van der Waals surface area (Å²) in [5.74, 6) is -0.0674. The fraction of sp³-hybridized carbons (Fsp3) is 0.478. The molecule has 0 N–H and O–H groups in total. The minimum atomic E-state index is -0.692. The average Bonchev–Trinajstić information content (AvgIpc) is 3.15. The van der Waals surface area contributed by atoms with Crippen molar-refractivity contribution in [3.8, 4) is 0 Å². The third kappa shape index (κ3) is 2.92. The Balaban J connectivity index is 1.27. The Kier molecular flexibility index (Phi) is 4.08. The number of likely N-dealkylation sites (tertiary alicyclic amines) is 1. The number of imidazole rings is 1. The molecule has 2 bridgehead atoms. The summed E-state index contributed by atoms with van der Waals surface area (Å²) in [5, 5.41) is 0. The normalized spacial score (nSPS) is 30.8. The van der Waals surface area contributed by atoms with Crippen molar-refractivity contribution in [2.75, 3.05) is 6.54 Å². The Hall–Kier alpha value is -3.00. The molecule has 3 aliphatic heterocycles. The van der Waals surface area contributed by atoms with Gasteiger partial charge in [-0.3, -0.25) is 14.6 Å². The molecule has 4 aliphatic rings. The van der Waals surface area contributed by atoms with Gasteiger partial charge < -0.3 is 19.1 Å². The topological polar surface area (TPSA) is 80.6 Å². The van der Waals surface area contributed by atoms with Gasteiger partial charge in [0.2, 0.25) is 11.8 Å². The van der Waals surface area contributed by atoms with Crippen LogP contribution in [-0.2, 0) is 34.5 Å². The lowest BCUT2D eigenvalue weighted by Gasteiger charge is -2.30. The number of hydrogen-bond donors (Lipinski definition) is 0. The van der Waals surface area contributed by atoms with Crippen LogP contribution in [0, 0.1) is 11.8 Å². The van der Waals surface area contributed by atoms with Crippen LogP contribution < -0.4 is 0 Å². The molecule has 5 heterocycles. The fourth-order valence-corrected chi connectivity index (χ4v) is 5.37. The Morgan fingerprint density at radius 2 is 2.23 bits per heavy atom. The lowest BCUT2D eigenvalue weighted by Crippen LogP contribution is -2.46. The van der Waals surface area contributed by atoms with Crippen LogP contribution >= 0.6 is 0 Å². The summed E-state index contributed by atoms with van der Waals surface area (Å²) >= 11 is 0. The Morgan fingerprint density at radius 1 is 1.35 bits per heavy atom. The summed E-state index contributed by atoms with van der Waals surface area (Å²) < 4.78 is 8.25.